The molecule has 1 saturated carbocycles. The molecule has 1 amide bonds. The Morgan fingerprint density at radius 1 is 1.09 bits per heavy atom. The second kappa shape index (κ2) is 7.27. The van der Waals surface area contributed by atoms with Crippen molar-refractivity contribution in [2.45, 2.75) is 31.8 Å². The van der Waals surface area contributed by atoms with Gasteiger partial charge in [-0.15, -0.1) is 12.4 Å². The number of carbonyl (C=O) groups excluding carboxylic acids is 1. The van der Waals surface area contributed by atoms with Crippen LogP contribution >= 0.6 is 12.4 Å². The van der Waals surface area contributed by atoms with Gasteiger partial charge in [0.2, 0.25) is 5.91 Å². The third-order valence-corrected chi connectivity index (χ3v) is 3.75. The Morgan fingerprint density at radius 2 is 1.73 bits per heavy atom. The smallest absolute Gasteiger partial charge is 0.227 e. The summed E-state index contributed by atoms with van der Waals surface area (Å²) in [7, 11) is 0. The average Bonchev–Trinajstić information content (AvgIpc) is 3.33. The Labute approximate surface area is 136 Å². The van der Waals surface area contributed by atoms with Crippen molar-refractivity contribution in [3.05, 3.63) is 59.9 Å². The van der Waals surface area contributed by atoms with E-state index in [9.17, 15) is 4.79 Å². The summed E-state index contributed by atoms with van der Waals surface area (Å²) in [4.78, 5) is 18.6. The Morgan fingerprint density at radius 3 is 2.32 bits per heavy atom. The predicted octanol–water partition coefficient (Wildman–Crippen LogP) is 2.82. The van der Waals surface area contributed by atoms with Crippen LogP contribution < -0.4 is 5.73 Å². The summed E-state index contributed by atoms with van der Waals surface area (Å²) >= 11 is 0. The lowest BCUT2D eigenvalue weighted by Crippen LogP contribution is -2.33. The van der Waals surface area contributed by atoms with Crippen LogP contribution in [0.1, 0.15) is 24.0 Å². The maximum Gasteiger partial charge on any atom is 0.227 e. The number of nitrogens with zero attached hydrogens (tertiary/aromatic N) is 2. The molecule has 0 atom stereocenters. The normalized spacial score (nSPS) is 13.3. The van der Waals surface area contributed by atoms with E-state index in [0.717, 1.165) is 29.7 Å². The van der Waals surface area contributed by atoms with E-state index < -0.39 is 0 Å². The summed E-state index contributed by atoms with van der Waals surface area (Å²) in [6.07, 6.45) is 6.19. The molecule has 5 heteroatoms. The number of benzene rings is 1. The summed E-state index contributed by atoms with van der Waals surface area (Å²) in [5, 5.41) is 0. The Kier molecular flexibility index (Phi) is 5.39. The highest BCUT2D eigenvalue weighted by Gasteiger charge is 2.32. The SMILES string of the molecule is Cl.Nc1ccc(CC(=O)N(Cc2ccncc2)C2CC2)cc1. The fraction of sp³-hybridized carbons (Fsp3) is 0.294. The van der Waals surface area contributed by atoms with Gasteiger partial charge in [0.05, 0.1) is 6.42 Å². The lowest BCUT2D eigenvalue weighted by molar-refractivity contribution is -0.131. The lowest BCUT2D eigenvalue weighted by atomic mass is 10.1. The third-order valence-electron chi connectivity index (χ3n) is 3.75. The van der Waals surface area contributed by atoms with Gasteiger partial charge in [0, 0.05) is 30.7 Å². The van der Waals surface area contributed by atoms with E-state index >= 15 is 0 Å². The van der Waals surface area contributed by atoms with Gasteiger partial charge in [-0.2, -0.15) is 0 Å². The number of rotatable bonds is 5. The molecule has 116 valence electrons. The number of aromatic nitrogens is 1. The Hall–Kier alpha value is -2.07. The van der Waals surface area contributed by atoms with Crippen LogP contribution in [0.4, 0.5) is 5.69 Å². The number of nitrogens with two attached hydrogens (primary N) is 1. The number of hydrogen-bond acceptors (Lipinski definition) is 3. The van der Waals surface area contributed by atoms with Gasteiger partial charge in [-0.1, -0.05) is 12.1 Å². The van der Waals surface area contributed by atoms with E-state index in [2.05, 4.69) is 4.98 Å². The van der Waals surface area contributed by atoms with E-state index in [4.69, 9.17) is 5.73 Å². The molecule has 1 aliphatic carbocycles. The van der Waals surface area contributed by atoms with Crippen molar-refractivity contribution in [2.75, 3.05) is 5.73 Å². The monoisotopic (exact) mass is 317 g/mol. The van der Waals surface area contributed by atoms with Crippen molar-refractivity contribution in [1.82, 2.24) is 9.88 Å². The van der Waals surface area contributed by atoms with Gasteiger partial charge in [0.15, 0.2) is 0 Å². The van der Waals surface area contributed by atoms with Crippen LogP contribution in [0.2, 0.25) is 0 Å². The molecule has 2 N–H and O–H groups in total. The molecular formula is C17H20ClN3O. The minimum Gasteiger partial charge on any atom is -0.399 e. The minimum absolute atomic E-state index is 0. The minimum atomic E-state index is 0. The second-order valence-corrected chi connectivity index (χ2v) is 5.53. The van der Waals surface area contributed by atoms with Crippen LogP contribution in [0.25, 0.3) is 0 Å². The van der Waals surface area contributed by atoms with Crippen molar-refractivity contribution in [2.24, 2.45) is 0 Å². The molecule has 3 rings (SSSR count). The summed E-state index contributed by atoms with van der Waals surface area (Å²) in [6, 6.07) is 11.9. The fourth-order valence-electron chi connectivity index (χ4n) is 2.40. The molecule has 4 nitrogen and oxygen atoms in total. The van der Waals surface area contributed by atoms with E-state index in [1.165, 1.54) is 0 Å². The number of pyridine rings is 1. The average molecular weight is 318 g/mol. The molecule has 0 aliphatic heterocycles. The molecule has 2 aromatic rings. The lowest BCUT2D eigenvalue weighted by Gasteiger charge is -2.22. The molecule has 0 bridgehead atoms. The first-order valence-electron chi connectivity index (χ1n) is 7.25. The number of hydrogen-bond donors (Lipinski definition) is 1. The molecule has 0 radical (unpaired) electrons. The van der Waals surface area contributed by atoms with Gasteiger partial charge in [-0.25, -0.2) is 0 Å². The quantitative estimate of drug-likeness (QED) is 0.863. The van der Waals surface area contributed by atoms with E-state index in [1.54, 1.807) is 12.4 Å². The van der Waals surface area contributed by atoms with Crippen LogP contribution in [0.3, 0.4) is 0 Å². The standard InChI is InChI=1S/C17H19N3O.ClH/c18-15-3-1-13(2-4-15)11-17(21)20(16-5-6-16)12-14-7-9-19-10-8-14;/h1-4,7-10,16H,5-6,11-12,18H2;1H. The van der Waals surface area contributed by atoms with E-state index in [-0.39, 0.29) is 18.3 Å². The summed E-state index contributed by atoms with van der Waals surface area (Å²) in [5.41, 5.74) is 8.54. The molecule has 1 aliphatic rings. The molecule has 1 aromatic carbocycles. The molecule has 22 heavy (non-hydrogen) atoms. The van der Waals surface area contributed by atoms with Gasteiger partial charge in [0.25, 0.3) is 0 Å². The van der Waals surface area contributed by atoms with E-state index in [1.807, 2.05) is 41.3 Å². The van der Waals surface area contributed by atoms with Gasteiger partial charge >= 0.3 is 0 Å². The first-order chi connectivity index (χ1) is 10.2. The molecule has 0 unspecified atom stereocenters. The first kappa shape index (κ1) is 16.3. The van der Waals surface area contributed by atoms with E-state index in [0.29, 0.717) is 19.0 Å². The maximum absolute atomic E-state index is 12.6. The largest absolute Gasteiger partial charge is 0.399 e. The van der Waals surface area contributed by atoms with Crippen molar-refractivity contribution < 1.29 is 4.79 Å². The number of anilines is 1. The van der Waals surface area contributed by atoms with Crippen molar-refractivity contribution >= 4 is 24.0 Å². The van der Waals surface area contributed by atoms with Crippen molar-refractivity contribution in [3.8, 4) is 0 Å². The van der Waals surface area contributed by atoms with Crippen LogP contribution in [0.15, 0.2) is 48.8 Å². The Bertz CT molecular complexity index is 612. The molecule has 1 fully saturated rings. The number of amides is 1. The zero-order valence-corrected chi connectivity index (χ0v) is 13.1. The zero-order valence-electron chi connectivity index (χ0n) is 12.3. The highest BCUT2D eigenvalue weighted by molar-refractivity contribution is 5.85. The molecule has 1 aromatic heterocycles. The van der Waals surface area contributed by atoms with Crippen LogP contribution in [-0.2, 0) is 17.8 Å². The number of carbonyl (C=O) groups is 1. The molecule has 1 heterocycles. The summed E-state index contributed by atoms with van der Waals surface area (Å²) in [5.74, 6) is 0.180. The molecule has 0 saturated heterocycles. The highest BCUT2D eigenvalue weighted by atomic mass is 35.5. The second-order valence-electron chi connectivity index (χ2n) is 5.53. The topological polar surface area (TPSA) is 59.2 Å². The first-order valence-corrected chi connectivity index (χ1v) is 7.25. The summed E-state index contributed by atoms with van der Waals surface area (Å²) < 4.78 is 0. The predicted molar refractivity (Wildman–Crippen MR) is 89.6 cm³/mol. The maximum atomic E-state index is 12.6. The summed E-state index contributed by atoms with van der Waals surface area (Å²) in [6.45, 7) is 0.668. The van der Waals surface area contributed by atoms with Gasteiger partial charge < -0.3 is 10.6 Å². The van der Waals surface area contributed by atoms with Crippen LogP contribution in [0.5, 0.6) is 0 Å². The van der Waals surface area contributed by atoms with Gasteiger partial charge in [-0.05, 0) is 48.2 Å². The van der Waals surface area contributed by atoms with Gasteiger partial charge in [0.1, 0.15) is 0 Å². The molecule has 0 spiro atoms. The fourth-order valence-corrected chi connectivity index (χ4v) is 2.40. The van der Waals surface area contributed by atoms with Gasteiger partial charge in [-0.3, -0.25) is 9.78 Å². The van der Waals surface area contributed by atoms with Crippen molar-refractivity contribution in [1.29, 1.82) is 0 Å². The zero-order chi connectivity index (χ0) is 14.7. The van der Waals surface area contributed by atoms with Crippen LogP contribution in [0, 0.1) is 0 Å². The third kappa shape index (κ3) is 4.21. The highest BCUT2D eigenvalue weighted by Crippen LogP contribution is 2.29. The number of nitrogen functional groups attached to an aromatic ring is 1. The number of halogens is 1. The molecular weight excluding hydrogens is 298 g/mol. The van der Waals surface area contributed by atoms with Crippen LogP contribution in [-0.4, -0.2) is 21.8 Å². The van der Waals surface area contributed by atoms with Crippen molar-refractivity contribution in [3.63, 3.8) is 0 Å². The Balaban J connectivity index is 0.00000176.